The van der Waals surface area contributed by atoms with E-state index < -0.39 is 0 Å². The number of fused-ring (bicyclic) bond motifs is 1. The Morgan fingerprint density at radius 2 is 1.79 bits per heavy atom. The molecule has 1 aliphatic carbocycles. The molecule has 0 saturated carbocycles. The van der Waals surface area contributed by atoms with E-state index >= 15 is 0 Å². The third-order valence-corrected chi connectivity index (χ3v) is 6.08. The molecule has 1 atom stereocenters. The molecule has 1 aliphatic rings. The Morgan fingerprint density at radius 3 is 2.41 bits per heavy atom. The van der Waals surface area contributed by atoms with Crippen LogP contribution in [0.4, 0.5) is 4.79 Å². The monoisotopic (exact) mass is 433 g/mol. The lowest BCUT2D eigenvalue weighted by Gasteiger charge is -2.24. The summed E-state index contributed by atoms with van der Waals surface area (Å²) in [6, 6.07) is 10.9. The number of nitrogens with zero attached hydrogens (tertiary/aromatic N) is 2. The van der Waals surface area contributed by atoms with Crippen molar-refractivity contribution in [3.8, 4) is 0 Å². The van der Waals surface area contributed by atoms with Crippen LogP contribution >= 0.6 is 23.2 Å². The fourth-order valence-electron chi connectivity index (χ4n) is 3.58. The Morgan fingerprint density at radius 1 is 1.10 bits per heavy atom. The van der Waals surface area contributed by atoms with E-state index in [1.807, 2.05) is 25.1 Å². The number of carbonyl (C=O) groups is 2. The van der Waals surface area contributed by atoms with Gasteiger partial charge in [0.2, 0.25) is 0 Å². The molecule has 7 heteroatoms. The molecular formula is C22H25Cl2N3O2. The summed E-state index contributed by atoms with van der Waals surface area (Å²) in [4.78, 5) is 28.2. The van der Waals surface area contributed by atoms with Crippen LogP contribution in [-0.4, -0.2) is 42.4 Å². The standard InChI is InChI=1S/C22H25Cl2N3O2/c1-4-27(13-14-5-7-15(8-6-14)21(28)26(2)3)22(29)25-19-12-10-17-16(19)9-11-18(23)20(17)24/h5-9,11,19H,4,10,12-13H2,1-3H3,(H,25,29). The summed E-state index contributed by atoms with van der Waals surface area (Å²) in [6.07, 6.45) is 1.60. The van der Waals surface area contributed by atoms with Crippen molar-refractivity contribution in [3.05, 3.63) is 68.7 Å². The van der Waals surface area contributed by atoms with E-state index in [-0.39, 0.29) is 18.0 Å². The van der Waals surface area contributed by atoms with Crippen LogP contribution in [0.1, 0.15) is 46.4 Å². The molecule has 1 unspecified atom stereocenters. The summed E-state index contributed by atoms with van der Waals surface area (Å²) in [5.74, 6) is -0.0414. The van der Waals surface area contributed by atoms with Crippen molar-refractivity contribution in [3.63, 3.8) is 0 Å². The number of rotatable bonds is 5. The predicted octanol–water partition coefficient (Wildman–Crippen LogP) is 4.91. The number of carbonyl (C=O) groups excluding carboxylic acids is 2. The van der Waals surface area contributed by atoms with Gasteiger partial charge in [0, 0.05) is 32.7 Å². The zero-order valence-corrected chi connectivity index (χ0v) is 18.3. The van der Waals surface area contributed by atoms with Crippen molar-refractivity contribution >= 4 is 35.1 Å². The molecule has 154 valence electrons. The molecule has 3 amide bonds. The smallest absolute Gasteiger partial charge is 0.318 e. The van der Waals surface area contributed by atoms with Gasteiger partial charge in [-0.2, -0.15) is 0 Å². The fourth-order valence-corrected chi connectivity index (χ4v) is 4.02. The van der Waals surface area contributed by atoms with Gasteiger partial charge in [0.15, 0.2) is 0 Å². The normalized spacial score (nSPS) is 15.0. The first-order valence-corrected chi connectivity index (χ1v) is 10.4. The second kappa shape index (κ2) is 9.06. The number of nitrogens with one attached hydrogen (secondary N) is 1. The molecule has 0 spiro atoms. The van der Waals surface area contributed by atoms with Gasteiger partial charge in [-0.25, -0.2) is 4.79 Å². The molecule has 29 heavy (non-hydrogen) atoms. The lowest BCUT2D eigenvalue weighted by molar-refractivity contribution is 0.0827. The molecule has 5 nitrogen and oxygen atoms in total. The van der Waals surface area contributed by atoms with Crippen LogP contribution in [0.25, 0.3) is 0 Å². The highest BCUT2D eigenvalue weighted by Gasteiger charge is 2.28. The third kappa shape index (κ3) is 4.68. The maximum atomic E-state index is 12.9. The van der Waals surface area contributed by atoms with E-state index in [1.165, 1.54) is 0 Å². The first-order chi connectivity index (χ1) is 13.8. The highest BCUT2D eigenvalue weighted by atomic mass is 35.5. The minimum atomic E-state index is -0.120. The van der Waals surface area contributed by atoms with Crippen LogP contribution in [0.15, 0.2) is 36.4 Å². The number of hydrogen-bond donors (Lipinski definition) is 1. The Bertz CT molecular complexity index is 913. The molecule has 0 heterocycles. The summed E-state index contributed by atoms with van der Waals surface area (Å²) in [5.41, 5.74) is 3.66. The summed E-state index contributed by atoms with van der Waals surface area (Å²) >= 11 is 12.4. The fraction of sp³-hybridized carbons (Fsp3) is 0.364. The van der Waals surface area contributed by atoms with Gasteiger partial charge in [0.05, 0.1) is 16.1 Å². The van der Waals surface area contributed by atoms with E-state index in [0.29, 0.717) is 28.7 Å². The van der Waals surface area contributed by atoms with Gasteiger partial charge >= 0.3 is 6.03 Å². The summed E-state index contributed by atoms with van der Waals surface area (Å²) in [6.45, 7) is 2.99. The second-order valence-electron chi connectivity index (χ2n) is 7.38. The minimum absolute atomic E-state index is 0.0414. The van der Waals surface area contributed by atoms with Gasteiger partial charge in [-0.05, 0) is 54.7 Å². The molecule has 3 rings (SSSR count). The maximum absolute atomic E-state index is 12.9. The topological polar surface area (TPSA) is 52.7 Å². The first-order valence-electron chi connectivity index (χ1n) is 9.64. The predicted molar refractivity (Wildman–Crippen MR) is 117 cm³/mol. The number of amides is 3. The highest BCUT2D eigenvalue weighted by molar-refractivity contribution is 6.42. The lowest BCUT2D eigenvalue weighted by Crippen LogP contribution is -2.40. The quantitative estimate of drug-likeness (QED) is 0.727. The lowest BCUT2D eigenvalue weighted by atomic mass is 10.1. The average Bonchev–Trinajstić information content (AvgIpc) is 3.12. The van der Waals surface area contributed by atoms with Crippen molar-refractivity contribution in [2.75, 3.05) is 20.6 Å². The van der Waals surface area contributed by atoms with Crippen LogP contribution in [0.2, 0.25) is 10.0 Å². The van der Waals surface area contributed by atoms with Crippen molar-refractivity contribution in [1.29, 1.82) is 0 Å². The molecule has 2 aromatic rings. The Labute approximate surface area is 181 Å². The molecule has 0 aromatic heterocycles. The van der Waals surface area contributed by atoms with Crippen molar-refractivity contribution in [2.45, 2.75) is 32.4 Å². The Hall–Kier alpha value is -2.24. The first kappa shape index (κ1) is 21.5. The zero-order valence-electron chi connectivity index (χ0n) is 16.8. The number of urea groups is 1. The van der Waals surface area contributed by atoms with E-state index in [4.69, 9.17) is 23.2 Å². The van der Waals surface area contributed by atoms with E-state index in [1.54, 1.807) is 42.1 Å². The van der Waals surface area contributed by atoms with E-state index in [2.05, 4.69) is 5.32 Å². The van der Waals surface area contributed by atoms with E-state index in [9.17, 15) is 9.59 Å². The molecule has 1 N–H and O–H groups in total. The Balaban J connectivity index is 1.66. The highest BCUT2D eigenvalue weighted by Crippen LogP contribution is 2.39. The van der Waals surface area contributed by atoms with Crippen molar-refractivity contribution in [2.24, 2.45) is 0 Å². The molecule has 0 aliphatic heterocycles. The third-order valence-electron chi connectivity index (χ3n) is 5.24. The van der Waals surface area contributed by atoms with Gasteiger partial charge < -0.3 is 15.1 Å². The van der Waals surface area contributed by atoms with Crippen LogP contribution in [0, 0.1) is 0 Å². The van der Waals surface area contributed by atoms with E-state index in [0.717, 1.165) is 29.5 Å². The second-order valence-corrected chi connectivity index (χ2v) is 8.17. The summed E-state index contributed by atoms with van der Waals surface area (Å²) in [7, 11) is 3.45. The SMILES string of the molecule is CCN(Cc1ccc(C(=O)N(C)C)cc1)C(=O)NC1CCc2c1ccc(Cl)c2Cl. The molecule has 0 saturated heterocycles. The number of halogens is 2. The Kier molecular flexibility index (Phi) is 6.70. The molecular weight excluding hydrogens is 409 g/mol. The molecule has 0 bridgehead atoms. The van der Waals surface area contributed by atoms with Gasteiger partial charge in [-0.3, -0.25) is 4.79 Å². The van der Waals surface area contributed by atoms with Crippen LogP contribution < -0.4 is 5.32 Å². The zero-order chi connectivity index (χ0) is 21.1. The van der Waals surface area contributed by atoms with Crippen LogP contribution in [0.3, 0.4) is 0 Å². The van der Waals surface area contributed by atoms with Gasteiger partial charge in [-0.1, -0.05) is 41.4 Å². The van der Waals surface area contributed by atoms with Gasteiger partial charge in [0.1, 0.15) is 0 Å². The van der Waals surface area contributed by atoms with Gasteiger partial charge in [0.25, 0.3) is 5.91 Å². The van der Waals surface area contributed by atoms with Crippen molar-refractivity contribution in [1.82, 2.24) is 15.1 Å². The number of benzene rings is 2. The van der Waals surface area contributed by atoms with Crippen LogP contribution in [-0.2, 0) is 13.0 Å². The van der Waals surface area contributed by atoms with Crippen LogP contribution in [0.5, 0.6) is 0 Å². The number of hydrogen-bond acceptors (Lipinski definition) is 2. The molecule has 0 radical (unpaired) electrons. The van der Waals surface area contributed by atoms with Gasteiger partial charge in [-0.15, -0.1) is 0 Å². The minimum Gasteiger partial charge on any atom is -0.345 e. The summed E-state index contributed by atoms with van der Waals surface area (Å²) < 4.78 is 0. The maximum Gasteiger partial charge on any atom is 0.318 e. The molecule has 2 aromatic carbocycles. The summed E-state index contributed by atoms with van der Waals surface area (Å²) in [5, 5.41) is 4.25. The van der Waals surface area contributed by atoms with Crippen molar-refractivity contribution < 1.29 is 9.59 Å². The largest absolute Gasteiger partial charge is 0.345 e. The molecule has 0 fully saturated rings. The average molecular weight is 434 g/mol.